The molecule has 0 atom stereocenters. The second-order valence-corrected chi connectivity index (χ2v) is 3.91. The van der Waals surface area contributed by atoms with Gasteiger partial charge in [0.15, 0.2) is 5.76 Å². The molecule has 0 aliphatic carbocycles. The minimum absolute atomic E-state index is 0.395. The number of ether oxygens (including phenoxy) is 3. The second-order valence-electron chi connectivity index (χ2n) is 3.91. The highest BCUT2D eigenvalue weighted by Gasteiger charge is 2.06. The van der Waals surface area contributed by atoms with Crippen LogP contribution in [-0.2, 0) is 16.1 Å². The molecule has 0 radical (unpaired) electrons. The molecule has 0 fully saturated rings. The topological polar surface area (TPSA) is 53.7 Å². The molecule has 2 aromatic rings. The summed E-state index contributed by atoms with van der Waals surface area (Å²) in [4.78, 5) is 4.22. The fraction of sp³-hybridized carbons (Fsp3) is 0.357. The molecule has 0 N–H and O–H groups in total. The third-order valence-electron chi connectivity index (χ3n) is 2.57. The molecule has 1 heterocycles. The molecule has 0 bridgehead atoms. The van der Waals surface area contributed by atoms with Gasteiger partial charge in [0.2, 0.25) is 5.89 Å². The lowest BCUT2D eigenvalue weighted by atomic mass is 10.2. The van der Waals surface area contributed by atoms with Gasteiger partial charge in [0, 0.05) is 12.7 Å². The number of benzene rings is 1. The first-order valence-electron chi connectivity index (χ1n) is 5.99. The molecule has 0 saturated heterocycles. The van der Waals surface area contributed by atoms with Gasteiger partial charge in [-0.05, 0) is 24.3 Å². The summed E-state index contributed by atoms with van der Waals surface area (Å²) in [6.45, 7) is 1.50. The predicted molar refractivity (Wildman–Crippen MR) is 70.0 cm³/mol. The van der Waals surface area contributed by atoms with Crippen molar-refractivity contribution in [2.45, 2.75) is 6.61 Å². The van der Waals surface area contributed by atoms with E-state index < -0.39 is 0 Å². The van der Waals surface area contributed by atoms with Gasteiger partial charge in [-0.1, -0.05) is 0 Å². The van der Waals surface area contributed by atoms with Crippen molar-refractivity contribution in [2.24, 2.45) is 0 Å². The number of oxazole rings is 1. The van der Waals surface area contributed by atoms with E-state index in [1.165, 1.54) is 0 Å². The van der Waals surface area contributed by atoms with Gasteiger partial charge in [-0.3, -0.25) is 0 Å². The number of aromatic nitrogens is 1. The molecule has 1 aromatic carbocycles. The lowest BCUT2D eigenvalue weighted by molar-refractivity contribution is 0.0540. The van der Waals surface area contributed by atoms with Crippen molar-refractivity contribution >= 4 is 0 Å². The van der Waals surface area contributed by atoms with Crippen molar-refractivity contribution in [3.63, 3.8) is 0 Å². The standard InChI is InChI=1S/C14H17NO4/c1-16-7-8-18-10-13-9-15-14(19-13)11-3-5-12(17-2)6-4-11/h3-6,9H,7-8,10H2,1-2H3. The highest BCUT2D eigenvalue weighted by atomic mass is 16.5. The smallest absolute Gasteiger partial charge is 0.226 e. The minimum Gasteiger partial charge on any atom is -0.497 e. The van der Waals surface area contributed by atoms with E-state index in [0.29, 0.717) is 31.5 Å². The van der Waals surface area contributed by atoms with Crippen LogP contribution in [0.1, 0.15) is 5.76 Å². The Hall–Kier alpha value is -1.85. The van der Waals surface area contributed by atoms with Gasteiger partial charge < -0.3 is 18.6 Å². The molecule has 0 spiro atoms. The molecule has 0 aliphatic rings. The molecule has 2 rings (SSSR count). The first-order valence-corrected chi connectivity index (χ1v) is 5.99. The molecule has 5 nitrogen and oxygen atoms in total. The van der Waals surface area contributed by atoms with Gasteiger partial charge in [0.1, 0.15) is 12.4 Å². The quantitative estimate of drug-likeness (QED) is 0.718. The van der Waals surface area contributed by atoms with Crippen LogP contribution in [0, 0.1) is 0 Å². The fourth-order valence-corrected chi connectivity index (χ4v) is 1.56. The number of methoxy groups -OCH3 is 2. The zero-order valence-corrected chi connectivity index (χ0v) is 11.1. The van der Waals surface area contributed by atoms with Crippen LogP contribution in [0.5, 0.6) is 5.75 Å². The minimum atomic E-state index is 0.395. The zero-order chi connectivity index (χ0) is 13.5. The number of nitrogens with zero attached hydrogens (tertiary/aromatic N) is 1. The molecule has 102 valence electrons. The van der Waals surface area contributed by atoms with Crippen molar-refractivity contribution in [1.82, 2.24) is 4.98 Å². The molecule has 0 unspecified atom stereocenters. The van der Waals surface area contributed by atoms with Crippen LogP contribution >= 0.6 is 0 Å². The zero-order valence-electron chi connectivity index (χ0n) is 11.1. The monoisotopic (exact) mass is 263 g/mol. The third kappa shape index (κ3) is 3.81. The van der Waals surface area contributed by atoms with Crippen LogP contribution in [0.4, 0.5) is 0 Å². The summed E-state index contributed by atoms with van der Waals surface area (Å²) in [6.07, 6.45) is 1.67. The summed E-state index contributed by atoms with van der Waals surface area (Å²) >= 11 is 0. The fourth-order valence-electron chi connectivity index (χ4n) is 1.56. The van der Waals surface area contributed by atoms with E-state index in [1.807, 2.05) is 24.3 Å². The van der Waals surface area contributed by atoms with Crippen molar-refractivity contribution in [2.75, 3.05) is 27.4 Å². The van der Waals surface area contributed by atoms with E-state index in [4.69, 9.17) is 18.6 Å². The summed E-state index contributed by atoms with van der Waals surface area (Å²) < 4.78 is 21.0. The maximum Gasteiger partial charge on any atom is 0.226 e. The van der Waals surface area contributed by atoms with Crippen LogP contribution in [-0.4, -0.2) is 32.4 Å². The van der Waals surface area contributed by atoms with Crippen molar-refractivity contribution in [1.29, 1.82) is 0 Å². The maximum absolute atomic E-state index is 5.61. The first kappa shape index (κ1) is 13.6. The Balaban J connectivity index is 1.95. The molecule has 0 amide bonds. The Morgan fingerprint density at radius 2 is 1.89 bits per heavy atom. The second kappa shape index (κ2) is 6.92. The average Bonchev–Trinajstić information content (AvgIpc) is 2.92. The van der Waals surface area contributed by atoms with E-state index in [1.54, 1.807) is 20.4 Å². The Bertz CT molecular complexity index is 492. The van der Waals surface area contributed by atoms with E-state index in [9.17, 15) is 0 Å². The predicted octanol–water partition coefficient (Wildman–Crippen LogP) is 2.51. The normalized spacial score (nSPS) is 10.6. The Morgan fingerprint density at radius 1 is 1.11 bits per heavy atom. The van der Waals surface area contributed by atoms with Crippen molar-refractivity contribution < 1.29 is 18.6 Å². The van der Waals surface area contributed by atoms with Crippen LogP contribution in [0.15, 0.2) is 34.9 Å². The Morgan fingerprint density at radius 3 is 2.58 bits per heavy atom. The third-order valence-corrected chi connectivity index (χ3v) is 2.57. The lowest BCUT2D eigenvalue weighted by Gasteiger charge is -2.01. The number of rotatable bonds is 7. The molecular weight excluding hydrogens is 246 g/mol. The molecule has 0 aliphatic heterocycles. The van der Waals surface area contributed by atoms with Crippen molar-refractivity contribution in [3.05, 3.63) is 36.2 Å². The van der Waals surface area contributed by atoms with Gasteiger partial charge in [-0.15, -0.1) is 0 Å². The summed E-state index contributed by atoms with van der Waals surface area (Å²) in [7, 11) is 3.27. The molecule has 5 heteroatoms. The van der Waals surface area contributed by atoms with Crippen LogP contribution in [0.3, 0.4) is 0 Å². The maximum atomic E-state index is 5.61. The lowest BCUT2D eigenvalue weighted by Crippen LogP contribution is -2.00. The van der Waals surface area contributed by atoms with E-state index in [2.05, 4.69) is 4.98 Å². The van der Waals surface area contributed by atoms with Gasteiger partial charge in [-0.25, -0.2) is 4.98 Å². The highest BCUT2D eigenvalue weighted by molar-refractivity contribution is 5.54. The first-order chi connectivity index (χ1) is 9.33. The van der Waals surface area contributed by atoms with Crippen LogP contribution in [0.25, 0.3) is 11.5 Å². The van der Waals surface area contributed by atoms with Gasteiger partial charge >= 0.3 is 0 Å². The summed E-state index contributed by atoms with van der Waals surface area (Å²) in [5.74, 6) is 2.08. The Kier molecular flexibility index (Phi) is 4.94. The molecule has 19 heavy (non-hydrogen) atoms. The Labute approximate surface area is 112 Å². The summed E-state index contributed by atoms with van der Waals surface area (Å²) in [5, 5.41) is 0. The summed E-state index contributed by atoms with van der Waals surface area (Å²) in [5.41, 5.74) is 0.906. The van der Waals surface area contributed by atoms with Crippen molar-refractivity contribution in [3.8, 4) is 17.2 Å². The molecule has 0 saturated carbocycles. The van der Waals surface area contributed by atoms with Crippen LogP contribution < -0.4 is 4.74 Å². The van der Waals surface area contributed by atoms with Gasteiger partial charge in [-0.2, -0.15) is 0 Å². The largest absolute Gasteiger partial charge is 0.497 e. The van der Waals surface area contributed by atoms with Gasteiger partial charge in [0.05, 0.1) is 26.5 Å². The number of hydrogen-bond acceptors (Lipinski definition) is 5. The van der Waals surface area contributed by atoms with E-state index >= 15 is 0 Å². The molecule has 1 aromatic heterocycles. The van der Waals surface area contributed by atoms with Crippen LogP contribution in [0.2, 0.25) is 0 Å². The van der Waals surface area contributed by atoms with Gasteiger partial charge in [0.25, 0.3) is 0 Å². The number of hydrogen-bond donors (Lipinski definition) is 0. The van der Waals surface area contributed by atoms with E-state index in [0.717, 1.165) is 11.3 Å². The molecular formula is C14H17NO4. The highest BCUT2D eigenvalue weighted by Crippen LogP contribution is 2.22. The SMILES string of the molecule is COCCOCc1cnc(-c2ccc(OC)cc2)o1. The van der Waals surface area contributed by atoms with E-state index in [-0.39, 0.29) is 0 Å². The summed E-state index contributed by atoms with van der Waals surface area (Å²) in [6, 6.07) is 7.54. The average molecular weight is 263 g/mol.